The minimum atomic E-state index is -3.68. The molecule has 1 aromatic heterocycles. The number of ether oxygens (including phenoxy) is 1. The summed E-state index contributed by atoms with van der Waals surface area (Å²) in [6.45, 7) is 3.45. The largest absolute Gasteiger partial charge is 0.488 e. The molecular weight excluding hydrogens is 387 g/mol. The molecule has 0 saturated carbocycles. The number of sulfonamides is 1. The summed E-state index contributed by atoms with van der Waals surface area (Å²) in [5.74, 6) is -0.277. The highest BCUT2D eigenvalue weighted by Gasteiger charge is 2.34. The number of aromatic nitrogens is 2. The van der Waals surface area contributed by atoms with Gasteiger partial charge in [0.05, 0.1) is 18.5 Å². The second-order valence-electron chi connectivity index (χ2n) is 7.39. The maximum Gasteiger partial charge on any atom is 0.240 e. The molecule has 10 heteroatoms. The Morgan fingerprint density at radius 1 is 1.39 bits per heavy atom. The minimum absolute atomic E-state index is 0.162. The third kappa shape index (κ3) is 5.29. The smallest absolute Gasteiger partial charge is 0.240 e. The number of carbonyl (C=O) groups excluding carboxylic acids is 1. The second kappa shape index (κ2) is 7.88. The van der Waals surface area contributed by atoms with Crippen molar-refractivity contribution in [2.75, 3.05) is 17.6 Å². The summed E-state index contributed by atoms with van der Waals surface area (Å²) >= 11 is 0. The number of amides is 1. The van der Waals surface area contributed by atoms with Crippen molar-refractivity contribution >= 4 is 21.7 Å². The first kappa shape index (κ1) is 20.3. The zero-order chi connectivity index (χ0) is 20.4. The molecule has 2 heterocycles. The predicted octanol–water partition coefficient (Wildman–Crippen LogP) is 2.14. The normalized spacial score (nSPS) is 18.2. The first-order valence-electron chi connectivity index (χ1n) is 8.89. The van der Waals surface area contributed by atoms with Gasteiger partial charge in [-0.05, 0) is 50.8 Å². The van der Waals surface area contributed by atoms with Crippen LogP contribution in [0.1, 0.15) is 38.2 Å². The van der Waals surface area contributed by atoms with Crippen LogP contribution in [0.4, 0.5) is 10.2 Å². The van der Waals surface area contributed by atoms with Crippen LogP contribution in [0.5, 0.6) is 5.75 Å². The molecule has 3 rings (SSSR count). The highest BCUT2D eigenvalue weighted by atomic mass is 32.2. The molecule has 8 nitrogen and oxygen atoms in total. The van der Waals surface area contributed by atoms with Crippen molar-refractivity contribution in [3.63, 3.8) is 0 Å². The first-order valence-corrected chi connectivity index (χ1v) is 10.5. The van der Waals surface area contributed by atoms with Crippen LogP contribution in [0, 0.1) is 5.82 Å². The molecule has 1 aromatic carbocycles. The average molecular weight is 410 g/mol. The molecule has 1 amide bonds. The minimum Gasteiger partial charge on any atom is -0.488 e. The van der Waals surface area contributed by atoms with Crippen LogP contribution in [0.3, 0.4) is 0 Å². The van der Waals surface area contributed by atoms with E-state index in [0.29, 0.717) is 30.0 Å². The molecule has 1 aliphatic rings. The van der Waals surface area contributed by atoms with E-state index < -0.39 is 21.5 Å². The van der Waals surface area contributed by atoms with E-state index in [0.717, 1.165) is 0 Å². The number of nitrogens with zero attached hydrogens (tertiary/aromatic N) is 1. The fourth-order valence-corrected chi connectivity index (χ4v) is 4.39. The summed E-state index contributed by atoms with van der Waals surface area (Å²) in [5.41, 5.74) is 0.197. The van der Waals surface area contributed by atoms with E-state index in [-0.39, 0.29) is 24.0 Å². The Morgan fingerprint density at radius 3 is 2.89 bits per heavy atom. The third-order valence-corrected chi connectivity index (χ3v) is 5.86. The van der Waals surface area contributed by atoms with E-state index in [9.17, 15) is 17.6 Å². The summed E-state index contributed by atoms with van der Waals surface area (Å²) in [6, 6.07) is 5.85. The number of benzene rings is 1. The van der Waals surface area contributed by atoms with Crippen LogP contribution in [0.25, 0.3) is 0 Å². The standard InChI is InChI=1S/C18H23FN4O4S/c1-18(2)10-12(14-9-13(19)3-4-15(14)27-18)6-8-28(25,26)21-11-17(24)22-16-5-7-20-23-16/h3-5,7,9,12,21H,6,8,10-11H2,1-2H3,(H2,20,22,23,24). The molecule has 1 aliphatic heterocycles. The van der Waals surface area contributed by atoms with E-state index in [2.05, 4.69) is 20.2 Å². The number of hydrogen-bond donors (Lipinski definition) is 3. The summed E-state index contributed by atoms with van der Waals surface area (Å²) in [6.07, 6.45) is 2.33. The van der Waals surface area contributed by atoms with Crippen LogP contribution in [0.2, 0.25) is 0 Å². The zero-order valence-electron chi connectivity index (χ0n) is 15.7. The van der Waals surface area contributed by atoms with E-state index in [1.54, 1.807) is 12.1 Å². The van der Waals surface area contributed by atoms with Gasteiger partial charge in [0, 0.05) is 11.6 Å². The Hall–Kier alpha value is -2.46. The number of halogens is 1. The Kier molecular flexibility index (Phi) is 5.71. The first-order chi connectivity index (χ1) is 13.1. The average Bonchev–Trinajstić information content (AvgIpc) is 3.11. The maximum atomic E-state index is 13.7. The van der Waals surface area contributed by atoms with Gasteiger partial charge in [-0.1, -0.05) is 0 Å². The van der Waals surface area contributed by atoms with E-state index in [4.69, 9.17) is 4.74 Å². The van der Waals surface area contributed by atoms with Gasteiger partial charge in [0.2, 0.25) is 15.9 Å². The fourth-order valence-electron chi connectivity index (χ4n) is 3.30. The number of anilines is 1. The molecule has 3 N–H and O–H groups in total. The van der Waals surface area contributed by atoms with Crippen LogP contribution in [0.15, 0.2) is 30.5 Å². The van der Waals surface area contributed by atoms with Gasteiger partial charge in [-0.2, -0.15) is 5.10 Å². The summed E-state index contributed by atoms with van der Waals surface area (Å²) in [7, 11) is -3.68. The number of H-pyrrole nitrogens is 1. The van der Waals surface area contributed by atoms with Crippen LogP contribution < -0.4 is 14.8 Å². The zero-order valence-corrected chi connectivity index (χ0v) is 16.5. The van der Waals surface area contributed by atoms with Gasteiger partial charge in [0.25, 0.3) is 0 Å². The molecule has 152 valence electrons. The Balaban J connectivity index is 1.59. The number of hydrogen-bond acceptors (Lipinski definition) is 5. The van der Waals surface area contributed by atoms with Gasteiger partial charge in [-0.15, -0.1) is 0 Å². The molecule has 0 bridgehead atoms. The Bertz CT molecular complexity index is 945. The monoisotopic (exact) mass is 410 g/mol. The van der Waals surface area contributed by atoms with Crippen LogP contribution in [-0.4, -0.2) is 42.4 Å². The highest BCUT2D eigenvalue weighted by Crippen LogP contribution is 2.42. The quantitative estimate of drug-likeness (QED) is 0.647. The van der Waals surface area contributed by atoms with Crippen molar-refractivity contribution in [2.45, 2.75) is 38.2 Å². The lowest BCUT2D eigenvalue weighted by molar-refractivity contribution is -0.115. The number of aromatic amines is 1. The van der Waals surface area contributed by atoms with Crippen molar-refractivity contribution in [3.8, 4) is 5.75 Å². The molecule has 0 spiro atoms. The number of rotatable bonds is 7. The number of fused-ring (bicyclic) bond motifs is 1. The summed E-state index contributed by atoms with van der Waals surface area (Å²) in [4.78, 5) is 11.8. The molecule has 28 heavy (non-hydrogen) atoms. The molecule has 1 atom stereocenters. The SMILES string of the molecule is CC1(C)CC(CCS(=O)(=O)NCC(=O)Nc2ccn[nH]2)c2cc(F)ccc2O1. The molecule has 0 saturated heterocycles. The molecule has 2 aromatic rings. The molecule has 0 fully saturated rings. The van der Waals surface area contributed by atoms with Crippen molar-refractivity contribution in [2.24, 2.45) is 0 Å². The molecular formula is C18H23FN4O4S. The van der Waals surface area contributed by atoms with Crippen molar-refractivity contribution in [1.29, 1.82) is 0 Å². The van der Waals surface area contributed by atoms with E-state index in [1.807, 2.05) is 13.8 Å². The molecule has 0 radical (unpaired) electrons. The highest BCUT2D eigenvalue weighted by molar-refractivity contribution is 7.89. The van der Waals surface area contributed by atoms with Gasteiger partial charge in [-0.3, -0.25) is 9.89 Å². The molecule has 1 unspecified atom stereocenters. The fraction of sp³-hybridized carbons (Fsp3) is 0.444. The van der Waals surface area contributed by atoms with Gasteiger partial charge in [0.15, 0.2) is 0 Å². The van der Waals surface area contributed by atoms with E-state index in [1.165, 1.54) is 18.3 Å². The van der Waals surface area contributed by atoms with Crippen LogP contribution >= 0.6 is 0 Å². The lowest BCUT2D eigenvalue weighted by atomic mass is 9.83. The number of nitrogens with one attached hydrogen (secondary N) is 3. The summed E-state index contributed by atoms with van der Waals surface area (Å²) in [5, 5.41) is 8.73. The third-order valence-electron chi connectivity index (χ3n) is 4.50. The Morgan fingerprint density at radius 2 is 2.18 bits per heavy atom. The number of carbonyl (C=O) groups is 1. The van der Waals surface area contributed by atoms with Crippen molar-refractivity contribution in [3.05, 3.63) is 41.8 Å². The summed E-state index contributed by atoms with van der Waals surface area (Å²) < 4.78 is 46.4. The lowest BCUT2D eigenvalue weighted by Crippen LogP contribution is -2.37. The second-order valence-corrected chi connectivity index (χ2v) is 9.32. The van der Waals surface area contributed by atoms with Gasteiger partial charge in [-0.25, -0.2) is 17.5 Å². The van der Waals surface area contributed by atoms with Gasteiger partial charge < -0.3 is 10.1 Å². The Labute approximate surface area is 162 Å². The van der Waals surface area contributed by atoms with Crippen molar-refractivity contribution < 1.29 is 22.3 Å². The predicted molar refractivity (Wildman–Crippen MR) is 102 cm³/mol. The molecule has 0 aliphatic carbocycles. The van der Waals surface area contributed by atoms with E-state index >= 15 is 0 Å². The van der Waals surface area contributed by atoms with Crippen molar-refractivity contribution in [1.82, 2.24) is 14.9 Å². The maximum absolute atomic E-state index is 13.7. The van der Waals surface area contributed by atoms with Gasteiger partial charge in [0.1, 0.15) is 23.0 Å². The lowest BCUT2D eigenvalue weighted by Gasteiger charge is -2.37. The topological polar surface area (TPSA) is 113 Å². The van der Waals surface area contributed by atoms with Crippen LogP contribution in [-0.2, 0) is 14.8 Å². The van der Waals surface area contributed by atoms with Gasteiger partial charge >= 0.3 is 0 Å².